The van der Waals surface area contributed by atoms with Gasteiger partial charge in [-0.05, 0) is 19.1 Å². The number of fused-ring (bicyclic) bond motifs is 1. The summed E-state index contributed by atoms with van der Waals surface area (Å²) in [5, 5.41) is 18.0. The van der Waals surface area contributed by atoms with Crippen LogP contribution in [0.1, 0.15) is 17.3 Å². The number of likely N-dealkylation sites (tertiary alicyclic amines) is 1. The second-order valence-corrected chi connectivity index (χ2v) is 6.45. The third-order valence-electron chi connectivity index (χ3n) is 4.97. The van der Waals surface area contributed by atoms with Crippen molar-refractivity contribution >= 4 is 11.4 Å². The average molecular weight is 362 g/mol. The van der Waals surface area contributed by atoms with Gasteiger partial charge in [-0.25, -0.2) is 4.52 Å². The number of ether oxygens (including phenoxy) is 1. The van der Waals surface area contributed by atoms with E-state index in [1.54, 1.807) is 16.5 Å². The van der Waals surface area contributed by atoms with E-state index in [2.05, 4.69) is 22.8 Å². The second-order valence-electron chi connectivity index (χ2n) is 6.45. The van der Waals surface area contributed by atoms with E-state index in [-0.39, 0.29) is 11.9 Å². The first-order valence-electron chi connectivity index (χ1n) is 8.48. The summed E-state index contributed by atoms with van der Waals surface area (Å²) in [7, 11) is 1.57. The van der Waals surface area contributed by atoms with E-state index in [9.17, 15) is 10.1 Å². The fourth-order valence-electron chi connectivity index (χ4n) is 3.46. The van der Waals surface area contributed by atoms with Crippen molar-refractivity contribution in [2.75, 3.05) is 20.2 Å². The Kier molecular flexibility index (Phi) is 3.92. The largest absolute Gasteiger partial charge is 0.494 e. The number of methoxy groups -OCH3 is 1. The molecule has 0 bridgehead atoms. The summed E-state index contributed by atoms with van der Waals surface area (Å²) in [6.07, 6.45) is 6.53. The lowest BCUT2D eigenvalue weighted by atomic mass is 10.1. The molecule has 0 saturated carbocycles. The molecule has 0 radical (unpaired) electrons. The smallest absolute Gasteiger partial charge is 0.246 e. The van der Waals surface area contributed by atoms with Gasteiger partial charge >= 0.3 is 0 Å². The zero-order valence-electron chi connectivity index (χ0n) is 15.1. The van der Waals surface area contributed by atoms with E-state index in [1.165, 1.54) is 12.3 Å². The fourth-order valence-corrected chi connectivity index (χ4v) is 3.46. The van der Waals surface area contributed by atoms with Crippen molar-refractivity contribution in [1.29, 1.82) is 5.26 Å². The SMILES string of the molecule is C=CC(=O)N1CC(n2ncc(-c3cc(OC)c4c(C#N)cnn4c3)c2C)C1. The molecule has 0 atom stereocenters. The molecule has 0 unspecified atom stereocenters. The van der Waals surface area contributed by atoms with Gasteiger partial charge < -0.3 is 9.64 Å². The summed E-state index contributed by atoms with van der Waals surface area (Å²) in [6.45, 7) is 6.77. The summed E-state index contributed by atoms with van der Waals surface area (Å²) in [5.41, 5.74) is 3.96. The molecule has 136 valence electrons. The summed E-state index contributed by atoms with van der Waals surface area (Å²) in [6, 6.07) is 4.17. The maximum atomic E-state index is 11.6. The first kappa shape index (κ1) is 16.8. The molecule has 0 aromatic carbocycles. The van der Waals surface area contributed by atoms with Crippen LogP contribution in [0.25, 0.3) is 16.6 Å². The number of nitriles is 1. The zero-order chi connectivity index (χ0) is 19.1. The topological polar surface area (TPSA) is 88.5 Å². The summed E-state index contributed by atoms with van der Waals surface area (Å²) in [4.78, 5) is 13.4. The van der Waals surface area contributed by atoms with Crippen molar-refractivity contribution < 1.29 is 9.53 Å². The highest BCUT2D eigenvalue weighted by Gasteiger charge is 2.32. The van der Waals surface area contributed by atoms with Crippen LogP contribution in [0.5, 0.6) is 5.75 Å². The monoisotopic (exact) mass is 362 g/mol. The Morgan fingerprint density at radius 2 is 2.19 bits per heavy atom. The summed E-state index contributed by atoms with van der Waals surface area (Å²) in [5.74, 6) is 0.526. The lowest BCUT2D eigenvalue weighted by Crippen LogP contribution is -2.50. The lowest BCUT2D eigenvalue weighted by molar-refractivity contribution is -0.131. The Balaban J connectivity index is 1.69. The molecule has 1 aliphatic rings. The number of hydrogen-bond acceptors (Lipinski definition) is 5. The third kappa shape index (κ3) is 2.56. The minimum atomic E-state index is -0.0570. The Morgan fingerprint density at radius 3 is 2.85 bits per heavy atom. The van der Waals surface area contributed by atoms with Gasteiger partial charge in [-0.15, -0.1) is 0 Å². The second kappa shape index (κ2) is 6.29. The van der Waals surface area contributed by atoms with Crippen molar-refractivity contribution in [2.24, 2.45) is 0 Å². The first-order chi connectivity index (χ1) is 13.1. The molecule has 1 amide bonds. The van der Waals surface area contributed by atoms with Crippen LogP contribution in [0.2, 0.25) is 0 Å². The molecule has 1 fully saturated rings. The van der Waals surface area contributed by atoms with Crippen molar-refractivity contribution in [3.05, 3.63) is 48.6 Å². The van der Waals surface area contributed by atoms with E-state index >= 15 is 0 Å². The number of pyridine rings is 1. The van der Waals surface area contributed by atoms with Crippen molar-refractivity contribution in [3.8, 4) is 22.9 Å². The van der Waals surface area contributed by atoms with Crippen molar-refractivity contribution in [3.63, 3.8) is 0 Å². The van der Waals surface area contributed by atoms with Gasteiger partial charge in [0, 0.05) is 36.1 Å². The predicted molar refractivity (Wildman–Crippen MR) is 98.2 cm³/mol. The van der Waals surface area contributed by atoms with Crippen LogP contribution in [0.3, 0.4) is 0 Å². The minimum Gasteiger partial charge on any atom is -0.494 e. The Hall–Kier alpha value is -3.60. The molecular formula is C19H18N6O2. The number of carbonyl (C=O) groups excluding carboxylic acids is 1. The minimum absolute atomic E-state index is 0.0570. The maximum absolute atomic E-state index is 11.6. The van der Waals surface area contributed by atoms with Gasteiger partial charge in [0.15, 0.2) is 0 Å². The highest BCUT2D eigenvalue weighted by molar-refractivity contribution is 5.87. The first-order valence-corrected chi connectivity index (χ1v) is 8.48. The molecule has 0 N–H and O–H groups in total. The van der Waals surface area contributed by atoms with Crippen LogP contribution >= 0.6 is 0 Å². The highest BCUT2D eigenvalue weighted by atomic mass is 16.5. The predicted octanol–water partition coefficient (Wildman–Crippen LogP) is 1.96. The number of nitrogens with zero attached hydrogens (tertiary/aromatic N) is 6. The molecule has 3 aromatic heterocycles. The van der Waals surface area contributed by atoms with Gasteiger partial charge in [0.2, 0.25) is 5.91 Å². The molecule has 8 heteroatoms. The van der Waals surface area contributed by atoms with Gasteiger partial charge in [0.05, 0.1) is 25.5 Å². The number of carbonyl (C=O) groups is 1. The molecule has 1 saturated heterocycles. The van der Waals surface area contributed by atoms with Crippen LogP contribution in [-0.2, 0) is 4.79 Å². The number of aromatic nitrogens is 4. The molecule has 1 aliphatic heterocycles. The third-order valence-corrected chi connectivity index (χ3v) is 4.97. The molecule has 3 aromatic rings. The molecule has 4 heterocycles. The number of amides is 1. The Bertz CT molecular complexity index is 1100. The van der Waals surface area contributed by atoms with Crippen LogP contribution in [-0.4, -0.2) is 50.4 Å². The maximum Gasteiger partial charge on any atom is 0.246 e. The van der Waals surface area contributed by atoms with E-state index in [4.69, 9.17) is 4.74 Å². The van der Waals surface area contributed by atoms with Gasteiger partial charge in [-0.2, -0.15) is 15.5 Å². The van der Waals surface area contributed by atoms with Gasteiger partial charge in [0.25, 0.3) is 0 Å². The quantitative estimate of drug-likeness (QED) is 0.662. The van der Waals surface area contributed by atoms with Crippen LogP contribution < -0.4 is 4.74 Å². The number of hydrogen-bond donors (Lipinski definition) is 0. The van der Waals surface area contributed by atoms with E-state index < -0.39 is 0 Å². The van der Waals surface area contributed by atoms with E-state index in [1.807, 2.05) is 30.1 Å². The molecule has 0 spiro atoms. The average Bonchev–Trinajstić information content (AvgIpc) is 3.23. The molecular weight excluding hydrogens is 344 g/mol. The van der Waals surface area contributed by atoms with Crippen LogP contribution in [0.15, 0.2) is 37.3 Å². The molecule has 27 heavy (non-hydrogen) atoms. The summed E-state index contributed by atoms with van der Waals surface area (Å²) >= 11 is 0. The summed E-state index contributed by atoms with van der Waals surface area (Å²) < 4.78 is 9.07. The molecule has 8 nitrogen and oxygen atoms in total. The normalized spacial score (nSPS) is 14.0. The van der Waals surface area contributed by atoms with Crippen molar-refractivity contribution in [2.45, 2.75) is 13.0 Å². The van der Waals surface area contributed by atoms with Gasteiger partial charge in [0.1, 0.15) is 22.9 Å². The Morgan fingerprint density at radius 1 is 1.41 bits per heavy atom. The fraction of sp³-hybridized carbons (Fsp3) is 0.263. The zero-order valence-corrected chi connectivity index (χ0v) is 15.1. The standard InChI is InChI=1S/C19H18N6O2/c1-4-18(26)23-10-15(11-23)25-12(2)16(8-22-25)13-5-17(27-3)19-14(6-20)7-21-24(19)9-13/h4-5,7-9,15H,1,10-11H2,2-3H3. The highest BCUT2D eigenvalue weighted by Crippen LogP contribution is 2.33. The Labute approximate surface area is 155 Å². The van der Waals surface area contributed by atoms with E-state index in [0.29, 0.717) is 29.9 Å². The molecule has 0 aliphatic carbocycles. The lowest BCUT2D eigenvalue weighted by Gasteiger charge is -2.39. The van der Waals surface area contributed by atoms with E-state index in [0.717, 1.165) is 16.8 Å². The van der Waals surface area contributed by atoms with Crippen LogP contribution in [0.4, 0.5) is 0 Å². The van der Waals surface area contributed by atoms with Crippen LogP contribution in [0, 0.1) is 18.3 Å². The van der Waals surface area contributed by atoms with Gasteiger partial charge in [-0.1, -0.05) is 6.58 Å². The molecule has 4 rings (SSSR count). The van der Waals surface area contributed by atoms with Gasteiger partial charge in [-0.3, -0.25) is 9.48 Å². The van der Waals surface area contributed by atoms with Crippen molar-refractivity contribution in [1.82, 2.24) is 24.3 Å². The number of rotatable bonds is 4.